The number of hydrogen-bond acceptors (Lipinski definition) is 2. The van der Waals surface area contributed by atoms with Gasteiger partial charge < -0.3 is 15.2 Å². The SMILES string of the molecule is Cc1[nH]c2ccc(F)cc2c1C(=O)NC1CCN(CC(C)C)CC1. The summed E-state index contributed by atoms with van der Waals surface area (Å²) in [7, 11) is 0. The van der Waals surface area contributed by atoms with E-state index in [2.05, 4.69) is 29.0 Å². The van der Waals surface area contributed by atoms with Crippen LogP contribution in [0.5, 0.6) is 0 Å². The lowest BCUT2D eigenvalue weighted by molar-refractivity contribution is 0.0908. The van der Waals surface area contributed by atoms with E-state index in [1.54, 1.807) is 6.07 Å². The molecule has 2 N–H and O–H groups in total. The first-order valence-corrected chi connectivity index (χ1v) is 8.75. The van der Waals surface area contributed by atoms with Crippen LogP contribution in [-0.2, 0) is 0 Å². The summed E-state index contributed by atoms with van der Waals surface area (Å²) >= 11 is 0. The van der Waals surface area contributed by atoms with Crippen molar-refractivity contribution in [2.75, 3.05) is 19.6 Å². The molecular formula is C19H26FN3O. The highest BCUT2D eigenvalue weighted by Crippen LogP contribution is 2.23. The Labute approximate surface area is 142 Å². The topological polar surface area (TPSA) is 48.1 Å². The first-order chi connectivity index (χ1) is 11.4. The van der Waals surface area contributed by atoms with Crippen LogP contribution in [0.1, 0.15) is 42.7 Å². The molecule has 0 spiro atoms. The number of fused-ring (bicyclic) bond motifs is 1. The molecule has 2 heterocycles. The number of rotatable bonds is 4. The van der Waals surface area contributed by atoms with Gasteiger partial charge in [-0.2, -0.15) is 0 Å². The molecule has 1 aromatic carbocycles. The first kappa shape index (κ1) is 17.0. The fraction of sp³-hybridized carbons (Fsp3) is 0.526. The molecule has 1 amide bonds. The predicted octanol–water partition coefficient (Wildman–Crippen LogP) is 3.47. The maximum absolute atomic E-state index is 13.5. The van der Waals surface area contributed by atoms with Gasteiger partial charge in [-0.15, -0.1) is 0 Å². The molecule has 130 valence electrons. The summed E-state index contributed by atoms with van der Waals surface area (Å²) in [6, 6.07) is 4.71. The van der Waals surface area contributed by atoms with Crippen molar-refractivity contribution < 1.29 is 9.18 Å². The molecule has 0 unspecified atom stereocenters. The Morgan fingerprint density at radius 2 is 2.08 bits per heavy atom. The smallest absolute Gasteiger partial charge is 0.253 e. The van der Waals surface area contributed by atoms with Crippen LogP contribution in [0.25, 0.3) is 10.9 Å². The minimum absolute atomic E-state index is 0.105. The van der Waals surface area contributed by atoms with E-state index in [4.69, 9.17) is 0 Å². The van der Waals surface area contributed by atoms with Crippen LogP contribution in [0.3, 0.4) is 0 Å². The minimum atomic E-state index is -0.322. The van der Waals surface area contributed by atoms with E-state index in [0.29, 0.717) is 16.9 Å². The maximum atomic E-state index is 13.5. The number of aromatic amines is 1. The number of carbonyl (C=O) groups is 1. The van der Waals surface area contributed by atoms with Gasteiger partial charge >= 0.3 is 0 Å². The Morgan fingerprint density at radius 1 is 1.38 bits per heavy atom. The van der Waals surface area contributed by atoms with Crippen LogP contribution in [0.2, 0.25) is 0 Å². The molecule has 0 atom stereocenters. The quantitative estimate of drug-likeness (QED) is 0.901. The predicted molar refractivity (Wildman–Crippen MR) is 94.8 cm³/mol. The number of hydrogen-bond donors (Lipinski definition) is 2. The molecule has 5 heteroatoms. The number of likely N-dealkylation sites (tertiary alicyclic amines) is 1. The monoisotopic (exact) mass is 331 g/mol. The molecule has 1 aliphatic rings. The second-order valence-electron chi connectivity index (χ2n) is 7.26. The van der Waals surface area contributed by atoms with Gasteiger partial charge in [0.2, 0.25) is 0 Å². The second-order valence-corrected chi connectivity index (χ2v) is 7.26. The number of nitrogens with one attached hydrogen (secondary N) is 2. The van der Waals surface area contributed by atoms with E-state index in [0.717, 1.165) is 43.7 Å². The molecule has 0 radical (unpaired) electrons. The molecule has 0 saturated carbocycles. The number of benzene rings is 1. The molecule has 24 heavy (non-hydrogen) atoms. The van der Waals surface area contributed by atoms with E-state index in [9.17, 15) is 9.18 Å². The van der Waals surface area contributed by atoms with Crippen molar-refractivity contribution in [3.8, 4) is 0 Å². The van der Waals surface area contributed by atoms with Crippen molar-refractivity contribution in [1.82, 2.24) is 15.2 Å². The van der Waals surface area contributed by atoms with Crippen LogP contribution < -0.4 is 5.32 Å². The third kappa shape index (κ3) is 3.61. The fourth-order valence-corrected chi connectivity index (χ4v) is 3.63. The van der Waals surface area contributed by atoms with Crippen LogP contribution in [-0.4, -0.2) is 41.5 Å². The van der Waals surface area contributed by atoms with Gasteiger partial charge in [0.25, 0.3) is 5.91 Å². The number of aromatic nitrogens is 1. The molecule has 1 aliphatic heterocycles. The molecule has 4 nitrogen and oxygen atoms in total. The van der Waals surface area contributed by atoms with Crippen molar-refractivity contribution >= 4 is 16.8 Å². The normalized spacial score (nSPS) is 16.9. The lowest BCUT2D eigenvalue weighted by Crippen LogP contribution is -2.45. The van der Waals surface area contributed by atoms with Crippen molar-refractivity contribution in [2.45, 2.75) is 39.7 Å². The lowest BCUT2D eigenvalue weighted by atomic mass is 10.0. The molecule has 0 aliphatic carbocycles. The van der Waals surface area contributed by atoms with E-state index in [1.165, 1.54) is 12.1 Å². The third-order valence-corrected chi connectivity index (χ3v) is 4.72. The highest BCUT2D eigenvalue weighted by Gasteiger charge is 2.23. The minimum Gasteiger partial charge on any atom is -0.358 e. The number of amides is 1. The average molecular weight is 331 g/mol. The zero-order valence-electron chi connectivity index (χ0n) is 14.7. The highest BCUT2D eigenvalue weighted by molar-refractivity contribution is 6.08. The number of nitrogens with zero attached hydrogens (tertiary/aromatic N) is 1. The zero-order chi connectivity index (χ0) is 17.3. The van der Waals surface area contributed by atoms with Crippen LogP contribution in [0.15, 0.2) is 18.2 Å². The Hall–Kier alpha value is -1.88. The molecule has 0 bridgehead atoms. The summed E-state index contributed by atoms with van der Waals surface area (Å²) < 4.78 is 13.5. The number of carbonyl (C=O) groups excluding carboxylic acids is 1. The summed E-state index contributed by atoms with van der Waals surface area (Å²) in [5.41, 5.74) is 2.14. The first-order valence-electron chi connectivity index (χ1n) is 8.75. The Balaban J connectivity index is 1.68. The number of piperidine rings is 1. The standard InChI is InChI=1S/C19H26FN3O/c1-12(2)11-23-8-6-15(7-9-23)22-19(24)18-13(3)21-17-5-4-14(20)10-16(17)18/h4-5,10,12,15,21H,6-9,11H2,1-3H3,(H,22,24). The van der Waals surface area contributed by atoms with Crippen LogP contribution in [0.4, 0.5) is 4.39 Å². The molecule has 2 aromatic rings. The van der Waals surface area contributed by atoms with Crippen molar-refractivity contribution in [3.63, 3.8) is 0 Å². The highest BCUT2D eigenvalue weighted by atomic mass is 19.1. The fourth-order valence-electron chi connectivity index (χ4n) is 3.63. The zero-order valence-corrected chi connectivity index (χ0v) is 14.7. The van der Waals surface area contributed by atoms with Gasteiger partial charge in [0, 0.05) is 42.3 Å². The summed E-state index contributed by atoms with van der Waals surface area (Å²) in [6.07, 6.45) is 1.93. The summed E-state index contributed by atoms with van der Waals surface area (Å²) in [5, 5.41) is 3.79. The number of halogens is 1. The van der Waals surface area contributed by atoms with Gasteiger partial charge in [0.05, 0.1) is 5.56 Å². The second kappa shape index (κ2) is 6.93. The van der Waals surface area contributed by atoms with Gasteiger partial charge in [-0.25, -0.2) is 4.39 Å². The Kier molecular flexibility index (Phi) is 4.90. The third-order valence-electron chi connectivity index (χ3n) is 4.72. The van der Waals surface area contributed by atoms with E-state index < -0.39 is 0 Å². The lowest BCUT2D eigenvalue weighted by Gasteiger charge is -2.33. The maximum Gasteiger partial charge on any atom is 0.253 e. The van der Waals surface area contributed by atoms with Crippen molar-refractivity contribution in [3.05, 3.63) is 35.3 Å². The van der Waals surface area contributed by atoms with Gasteiger partial charge in [0.15, 0.2) is 0 Å². The molecule has 1 saturated heterocycles. The number of aryl methyl sites for hydroxylation is 1. The van der Waals surface area contributed by atoms with Crippen molar-refractivity contribution in [1.29, 1.82) is 0 Å². The van der Waals surface area contributed by atoms with Gasteiger partial charge in [-0.1, -0.05) is 13.8 Å². The van der Waals surface area contributed by atoms with Gasteiger partial charge in [0.1, 0.15) is 5.82 Å². The van der Waals surface area contributed by atoms with Crippen LogP contribution in [0, 0.1) is 18.7 Å². The summed E-state index contributed by atoms with van der Waals surface area (Å²) in [4.78, 5) is 18.3. The number of H-pyrrole nitrogens is 1. The molecule has 1 fully saturated rings. The Bertz CT molecular complexity index is 730. The largest absolute Gasteiger partial charge is 0.358 e. The summed E-state index contributed by atoms with van der Waals surface area (Å²) in [5.74, 6) is 0.240. The summed E-state index contributed by atoms with van der Waals surface area (Å²) in [6.45, 7) is 9.47. The van der Waals surface area contributed by atoms with Gasteiger partial charge in [-0.05, 0) is 43.9 Å². The molecule has 3 rings (SSSR count). The van der Waals surface area contributed by atoms with Crippen molar-refractivity contribution in [2.24, 2.45) is 5.92 Å². The average Bonchev–Trinajstić information content (AvgIpc) is 2.84. The van der Waals surface area contributed by atoms with Gasteiger partial charge in [-0.3, -0.25) is 4.79 Å². The van der Waals surface area contributed by atoms with E-state index >= 15 is 0 Å². The van der Waals surface area contributed by atoms with Crippen LogP contribution >= 0.6 is 0 Å². The molecular weight excluding hydrogens is 305 g/mol. The molecule has 1 aromatic heterocycles. The van der Waals surface area contributed by atoms with E-state index in [1.807, 2.05) is 6.92 Å². The van der Waals surface area contributed by atoms with E-state index in [-0.39, 0.29) is 17.8 Å². The Morgan fingerprint density at radius 3 is 2.75 bits per heavy atom.